The number of carbonyl (C=O) groups is 2. The Kier molecular flexibility index (Phi) is 6.09. The number of carbonyl (C=O) groups excluding carboxylic acids is 2. The highest BCUT2D eigenvalue weighted by atomic mass is 35.5. The molecule has 0 fully saturated rings. The Labute approximate surface area is 188 Å². The molecule has 0 spiro atoms. The Morgan fingerprint density at radius 1 is 1.03 bits per heavy atom. The van der Waals surface area contributed by atoms with E-state index >= 15 is 0 Å². The number of fused-ring (bicyclic) bond motifs is 1. The molecule has 32 heavy (non-hydrogen) atoms. The van der Waals surface area contributed by atoms with E-state index in [9.17, 15) is 14.0 Å². The first-order chi connectivity index (χ1) is 15.4. The molecule has 6 nitrogen and oxygen atoms in total. The van der Waals surface area contributed by atoms with Crippen LogP contribution >= 0.6 is 11.6 Å². The van der Waals surface area contributed by atoms with Crippen LogP contribution in [0.2, 0.25) is 5.02 Å². The molecule has 0 saturated heterocycles. The average Bonchev–Trinajstić information content (AvgIpc) is 3.24. The Hall–Kier alpha value is -3.84. The molecule has 0 bridgehead atoms. The predicted molar refractivity (Wildman–Crippen MR) is 119 cm³/mol. The summed E-state index contributed by atoms with van der Waals surface area (Å²) in [7, 11) is 0. The summed E-state index contributed by atoms with van der Waals surface area (Å²) in [5, 5.41) is 5.44. The highest BCUT2D eigenvalue weighted by Crippen LogP contribution is 2.33. The minimum absolute atomic E-state index is 0.0604. The Balaban J connectivity index is 1.65. The maximum atomic E-state index is 13.9. The summed E-state index contributed by atoms with van der Waals surface area (Å²) >= 11 is 6.12. The van der Waals surface area contributed by atoms with Gasteiger partial charge in [0, 0.05) is 5.69 Å². The van der Waals surface area contributed by atoms with Crippen LogP contribution in [0.4, 0.5) is 10.1 Å². The van der Waals surface area contributed by atoms with E-state index in [-0.39, 0.29) is 28.8 Å². The third-order valence-electron chi connectivity index (χ3n) is 4.75. The summed E-state index contributed by atoms with van der Waals surface area (Å²) in [6, 6.07) is 15.9. The van der Waals surface area contributed by atoms with Gasteiger partial charge in [-0.1, -0.05) is 35.9 Å². The standard InChI is InChI=1S/C24H18ClFN2O4/c1-14-6-8-16(12-19(14)26)27-24(30)20(28-23(29)17-4-2-3-5-18(17)25)10-15-7-9-21-22(11-15)32-13-31-21/h2-12H,13H2,1H3,(H,27,30)(H,28,29). The van der Waals surface area contributed by atoms with Crippen LogP contribution in [0.3, 0.4) is 0 Å². The number of amides is 2. The van der Waals surface area contributed by atoms with Gasteiger partial charge in [0.05, 0.1) is 10.6 Å². The molecule has 0 atom stereocenters. The SMILES string of the molecule is Cc1ccc(NC(=O)C(=Cc2ccc3c(c2)OCO3)NC(=O)c2ccccc2Cl)cc1F. The fourth-order valence-electron chi connectivity index (χ4n) is 3.03. The van der Waals surface area contributed by atoms with Gasteiger partial charge in [-0.15, -0.1) is 0 Å². The topological polar surface area (TPSA) is 76.7 Å². The van der Waals surface area contributed by atoms with Crippen molar-refractivity contribution in [2.24, 2.45) is 0 Å². The number of benzene rings is 3. The molecule has 3 aromatic carbocycles. The molecule has 4 rings (SSSR count). The molecule has 2 N–H and O–H groups in total. The molecule has 8 heteroatoms. The van der Waals surface area contributed by atoms with E-state index in [1.807, 2.05) is 0 Å². The van der Waals surface area contributed by atoms with E-state index in [0.29, 0.717) is 22.6 Å². The summed E-state index contributed by atoms with van der Waals surface area (Å²) in [5.41, 5.74) is 1.44. The third kappa shape index (κ3) is 4.73. The molecule has 3 aromatic rings. The lowest BCUT2D eigenvalue weighted by molar-refractivity contribution is -0.113. The zero-order valence-corrected chi connectivity index (χ0v) is 17.7. The van der Waals surface area contributed by atoms with Gasteiger partial charge in [0.2, 0.25) is 6.79 Å². The van der Waals surface area contributed by atoms with Crippen molar-refractivity contribution >= 4 is 35.2 Å². The summed E-state index contributed by atoms with van der Waals surface area (Å²) in [6.45, 7) is 1.73. The van der Waals surface area contributed by atoms with Crippen LogP contribution < -0.4 is 20.1 Å². The second kappa shape index (κ2) is 9.11. The van der Waals surface area contributed by atoms with E-state index in [2.05, 4.69) is 10.6 Å². The molecule has 1 aliphatic rings. The molecule has 0 radical (unpaired) electrons. The number of hydrogen-bond donors (Lipinski definition) is 2. The molecule has 0 aromatic heterocycles. The van der Waals surface area contributed by atoms with Gasteiger partial charge in [0.1, 0.15) is 11.5 Å². The lowest BCUT2D eigenvalue weighted by Gasteiger charge is -2.12. The first kappa shape index (κ1) is 21.4. The van der Waals surface area contributed by atoms with Crippen molar-refractivity contribution in [2.45, 2.75) is 6.92 Å². The summed E-state index contributed by atoms with van der Waals surface area (Å²) in [5.74, 6) is -0.539. The highest BCUT2D eigenvalue weighted by Gasteiger charge is 2.18. The van der Waals surface area contributed by atoms with Gasteiger partial charge in [-0.05, 0) is 60.5 Å². The van der Waals surface area contributed by atoms with Gasteiger partial charge >= 0.3 is 0 Å². The monoisotopic (exact) mass is 452 g/mol. The first-order valence-electron chi connectivity index (χ1n) is 9.65. The average molecular weight is 453 g/mol. The number of ether oxygens (including phenoxy) is 2. The molecule has 0 unspecified atom stereocenters. The van der Waals surface area contributed by atoms with Crippen LogP contribution in [0, 0.1) is 12.7 Å². The summed E-state index contributed by atoms with van der Waals surface area (Å²) < 4.78 is 24.6. The zero-order valence-electron chi connectivity index (χ0n) is 16.9. The van der Waals surface area contributed by atoms with E-state index in [1.54, 1.807) is 61.5 Å². The van der Waals surface area contributed by atoms with Gasteiger partial charge in [-0.25, -0.2) is 4.39 Å². The summed E-state index contributed by atoms with van der Waals surface area (Å²) in [4.78, 5) is 25.8. The number of hydrogen-bond acceptors (Lipinski definition) is 4. The predicted octanol–water partition coefficient (Wildman–Crippen LogP) is 4.93. The third-order valence-corrected chi connectivity index (χ3v) is 5.08. The molecule has 1 aliphatic heterocycles. The quantitative estimate of drug-likeness (QED) is 0.538. The maximum Gasteiger partial charge on any atom is 0.272 e. The molecular formula is C24H18ClFN2O4. The number of rotatable bonds is 5. The maximum absolute atomic E-state index is 13.9. The van der Waals surface area contributed by atoms with Gasteiger partial charge in [0.15, 0.2) is 11.5 Å². The lowest BCUT2D eigenvalue weighted by atomic mass is 10.1. The number of aryl methyl sites for hydroxylation is 1. The highest BCUT2D eigenvalue weighted by molar-refractivity contribution is 6.34. The summed E-state index contributed by atoms with van der Waals surface area (Å²) in [6.07, 6.45) is 1.48. The Morgan fingerprint density at radius 3 is 2.59 bits per heavy atom. The van der Waals surface area contributed by atoms with Crippen LogP contribution in [0.1, 0.15) is 21.5 Å². The van der Waals surface area contributed by atoms with Crippen LogP contribution in [-0.4, -0.2) is 18.6 Å². The van der Waals surface area contributed by atoms with Crippen LogP contribution in [0.25, 0.3) is 6.08 Å². The molecule has 0 saturated carbocycles. The second-order valence-electron chi connectivity index (χ2n) is 7.02. The van der Waals surface area contributed by atoms with Crippen LogP contribution in [0.15, 0.2) is 66.4 Å². The smallest absolute Gasteiger partial charge is 0.272 e. The van der Waals surface area contributed by atoms with Gasteiger partial charge in [-0.2, -0.15) is 0 Å². The Morgan fingerprint density at radius 2 is 1.81 bits per heavy atom. The minimum Gasteiger partial charge on any atom is -0.454 e. The number of nitrogens with one attached hydrogen (secondary N) is 2. The van der Waals surface area contributed by atoms with E-state index < -0.39 is 17.6 Å². The molecule has 0 aliphatic carbocycles. The zero-order chi connectivity index (χ0) is 22.7. The van der Waals surface area contributed by atoms with Gasteiger partial charge < -0.3 is 20.1 Å². The van der Waals surface area contributed by atoms with Gasteiger partial charge in [-0.3, -0.25) is 9.59 Å². The van der Waals surface area contributed by atoms with Crippen molar-refractivity contribution in [3.05, 3.63) is 93.9 Å². The van der Waals surface area contributed by atoms with Crippen molar-refractivity contribution in [3.8, 4) is 11.5 Å². The van der Waals surface area contributed by atoms with Crippen LogP contribution in [0.5, 0.6) is 11.5 Å². The van der Waals surface area contributed by atoms with Crippen molar-refractivity contribution in [3.63, 3.8) is 0 Å². The number of anilines is 1. The van der Waals surface area contributed by atoms with E-state index in [1.165, 1.54) is 12.1 Å². The fourth-order valence-corrected chi connectivity index (χ4v) is 3.25. The Bertz CT molecular complexity index is 1240. The van der Waals surface area contributed by atoms with E-state index in [0.717, 1.165) is 0 Å². The van der Waals surface area contributed by atoms with Crippen molar-refractivity contribution in [1.29, 1.82) is 0 Å². The lowest BCUT2D eigenvalue weighted by Crippen LogP contribution is -2.31. The fraction of sp³-hybridized carbons (Fsp3) is 0.0833. The molecular weight excluding hydrogens is 435 g/mol. The molecule has 1 heterocycles. The largest absolute Gasteiger partial charge is 0.454 e. The van der Waals surface area contributed by atoms with Crippen molar-refractivity contribution in [2.75, 3.05) is 12.1 Å². The first-order valence-corrected chi connectivity index (χ1v) is 10.0. The van der Waals surface area contributed by atoms with Crippen molar-refractivity contribution < 1.29 is 23.5 Å². The van der Waals surface area contributed by atoms with E-state index in [4.69, 9.17) is 21.1 Å². The normalized spacial score (nSPS) is 12.4. The second-order valence-corrected chi connectivity index (χ2v) is 7.43. The molecule has 162 valence electrons. The van der Waals surface area contributed by atoms with Gasteiger partial charge in [0.25, 0.3) is 11.8 Å². The van der Waals surface area contributed by atoms with Crippen molar-refractivity contribution in [1.82, 2.24) is 5.32 Å². The number of halogens is 2. The minimum atomic E-state index is -0.633. The van der Waals surface area contributed by atoms with Crippen LogP contribution in [-0.2, 0) is 4.79 Å². The molecule has 2 amide bonds.